The van der Waals surface area contributed by atoms with Crippen molar-refractivity contribution in [3.63, 3.8) is 0 Å². The van der Waals surface area contributed by atoms with Crippen LogP contribution in [0.5, 0.6) is 0 Å². The molecule has 0 aliphatic carbocycles. The Morgan fingerprint density at radius 1 is 1.53 bits per heavy atom. The molecule has 2 heterocycles. The van der Waals surface area contributed by atoms with Gasteiger partial charge in [-0.25, -0.2) is 0 Å². The fraction of sp³-hybridized carbons (Fsp3) is 0.364. The summed E-state index contributed by atoms with van der Waals surface area (Å²) in [5.74, 6) is 0. The molecule has 6 heteroatoms. The highest BCUT2D eigenvalue weighted by Crippen LogP contribution is 2.36. The first kappa shape index (κ1) is 12.9. The summed E-state index contributed by atoms with van der Waals surface area (Å²) in [7, 11) is 1.90. The van der Waals surface area contributed by atoms with Crippen LogP contribution in [-0.2, 0) is 7.05 Å². The van der Waals surface area contributed by atoms with E-state index in [0.29, 0.717) is 8.67 Å². The largest absolute Gasteiger partial charge is 0.305 e. The van der Waals surface area contributed by atoms with E-state index in [2.05, 4.69) is 17.3 Å². The van der Waals surface area contributed by atoms with Gasteiger partial charge in [0.1, 0.15) is 0 Å². The molecule has 0 radical (unpaired) electrons. The van der Waals surface area contributed by atoms with Crippen molar-refractivity contribution in [1.29, 1.82) is 0 Å². The van der Waals surface area contributed by atoms with E-state index >= 15 is 0 Å². The van der Waals surface area contributed by atoms with Crippen LogP contribution in [0.4, 0.5) is 0 Å². The molecule has 0 amide bonds. The van der Waals surface area contributed by atoms with Gasteiger partial charge in [0.2, 0.25) is 0 Å². The van der Waals surface area contributed by atoms with Gasteiger partial charge in [-0.1, -0.05) is 30.1 Å². The summed E-state index contributed by atoms with van der Waals surface area (Å²) < 4.78 is 3.19. The molecule has 3 nitrogen and oxygen atoms in total. The molecule has 17 heavy (non-hydrogen) atoms. The van der Waals surface area contributed by atoms with E-state index in [0.717, 1.165) is 17.8 Å². The standard InChI is InChI=1S/C11H13Cl2N3S/c1-3-14-10(8-4-5-16(2)15-8)7-6-9(12)17-11(7)13/h4-6,10,14H,3H2,1-2H3. The lowest BCUT2D eigenvalue weighted by atomic mass is 10.1. The molecule has 1 atom stereocenters. The molecule has 1 unspecified atom stereocenters. The Hall–Kier alpha value is -0.550. The molecule has 0 fully saturated rings. The monoisotopic (exact) mass is 289 g/mol. The van der Waals surface area contributed by atoms with Crippen LogP contribution in [0.1, 0.15) is 24.2 Å². The van der Waals surface area contributed by atoms with Crippen LogP contribution in [0.15, 0.2) is 18.3 Å². The number of hydrogen-bond acceptors (Lipinski definition) is 3. The van der Waals surface area contributed by atoms with Gasteiger partial charge in [0.05, 0.1) is 20.4 Å². The maximum Gasteiger partial charge on any atom is 0.0996 e. The third-order valence-corrected chi connectivity index (χ3v) is 3.95. The predicted molar refractivity (Wildman–Crippen MR) is 73.1 cm³/mol. The average molecular weight is 290 g/mol. The minimum Gasteiger partial charge on any atom is -0.305 e. The van der Waals surface area contributed by atoms with Crippen molar-refractivity contribution in [3.05, 3.63) is 38.3 Å². The van der Waals surface area contributed by atoms with E-state index in [9.17, 15) is 0 Å². The van der Waals surface area contributed by atoms with Crippen LogP contribution in [0.3, 0.4) is 0 Å². The van der Waals surface area contributed by atoms with Gasteiger partial charge >= 0.3 is 0 Å². The first-order valence-electron chi connectivity index (χ1n) is 5.29. The Kier molecular flexibility index (Phi) is 4.09. The summed E-state index contributed by atoms with van der Waals surface area (Å²) in [5.41, 5.74) is 1.94. The van der Waals surface area contributed by atoms with Gasteiger partial charge in [-0.15, -0.1) is 11.3 Å². The normalized spacial score (nSPS) is 12.9. The summed E-state index contributed by atoms with van der Waals surface area (Å²) >= 11 is 13.6. The highest BCUT2D eigenvalue weighted by atomic mass is 35.5. The van der Waals surface area contributed by atoms with Gasteiger partial charge < -0.3 is 5.32 Å². The molecule has 2 aromatic rings. The van der Waals surface area contributed by atoms with E-state index in [1.165, 1.54) is 11.3 Å². The lowest BCUT2D eigenvalue weighted by Crippen LogP contribution is -2.22. The van der Waals surface area contributed by atoms with E-state index in [1.807, 2.05) is 25.4 Å². The second kappa shape index (κ2) is 5.40. The van der Waals surface area contributed by atoms with Crippen molar-refractivity contribution in [2.75, 3.05) is 6.54 Å². The Morgan fingerprint density at radius 3 is 2.76 bits per heavy atom. The molecule has 0 saturated heterocycles. The highest BCUT2D eigenvalue weighted by molar-refractivity contribution is 7.20. The van der Waals surface area contributed by atoms with E-state index in [4.69, 9.17) is 23.2 Å². The van der Waals surface area contributed by atoms with Gasteiger partial charge in [-0.3, -0.25) is 4.68 Å². The zero-order valence-corrected chi connectivity index (χ0v) is 11.9. The molecule has 0 spiro atoms. The number of nitrogens with one attached hydrogen (secondary N) is 1. The first-order chi connectivity index (χ1) is 8.11. The van der Waals surface area contributed by atoms with Crippen LogP contribution in [0.25, 0.3) is 0 Å². The van der Waals surface area contributed by atoms with Crippen LogP contribution >= 0.6 is 34.5 Å². The van der Waals surface area contributed by atoms with E-state index in [1.54, 1.807) is 4.68 Å². The van der Waals surface area contributed by atoms with Crippen molar-refractivity contribution >= 4 is 34.5 Å². The zero-order valence-electron chi connectivity index (χ0n) is 9.58. The number of aromatic nitrogens is 2. The Bertz CT molecular complexity index is 507. The second-order valence-corrected chi connectivity index (χ2v) is 5.97. The molecule has 0 bridgehead atoms. The molecule has 0 aliphatic rings. The quantitative estimate of drug-likeness (QED) is 0.934. The van der Waals surface area contributed by atoms with Crippen molar-refractivity contribution in [1.82, 2.24) is 15.1 Å². The summed E-state index contributed by atoms with van der Waals surface area (Å²) in [5, 5.41) is 7.78. The third-order valence-electron chi connectivity index (χ3n) is 2.43. The molecule has 0 saturated carbocycles. The molecule has 2 aromatic heterocycles. The number of thiophene rings is 1. The first-order valence-corrected chi connectivity index (χ1v) is 6.86. The molecule has 0 aromatic carbocycles. The molecular formula is C11H13Cl2N3S. The smallest absolute Gasteiger partial charge is 0.0996 e. The van der Waals surface area contributed by atoms with Crippen molar-refractivity contribution in [2.45, 2.75) is 13.0 Å². The summed E-state index contributed by atoms with van der Waals surface area (Å²) in [6.07, 6.45) is 1.92. The lowest BCUT2D eigenvalue weighted by molar-refractivity contribution is 0.601. The van der Waals surface area contributed by atoms with Crippen molar-refractivity contribution < 1.29 is 0 Å². The van der Waals surface area contributed by atoms with E-state index < -0.39 is 0 Å². The minimum absolute atomic E-state index is 0.00236. The summed E-state index contributed by atoms with van der Waals surface area (Å²) in [6, 6.07) is 3.88. The zero-order chi connectivity index (χ0) is 12.4. The number of aryl methyl sites for hydroxylation is 1. The van der Waals surface area contributed by atoms with E-state index in [-0.39, 0.29) is 6.04 Å². The van der Waals surface area contributed by atoms with Crippen molar-refractivity contribution in [2.24, 2.45) is 7.05 Å². The van der Waals surface area contributed by atoms with Gasteiger partial charge in [0.15, 0.2) is 0 Å². The predicted octanol–water partition coefficient (Wildman–Crippen LogP) is 3.49. The molecular weight excluding hydrogens is 277 g/mol. The second-order valence-electron chi connectivity index (χ2n) is 3.68. The van der Waals surface area contributed by atoms with Crippen LogP contribution < -0.4 is 5.32 Å². The van der Waals surface area contributed by atoms with Crippen LogP contribution in [0, 0.1) is 0 Å². The summed E-state index contributed by atoms with van der Waals surface area (Å²) in [4.78, 5) is 0. The maximum atomic E-state index is 6.19. The SMILES string of the molecule is CCNC(c1ccn(C)n1)c1cc(Cl)sc1Cl. The molecule has 2 rings (SSSR count). The Balaban J connectivity index is 2.38. The van der Waals surface area contributed by atoms with Gasteiger partial charge in [0, 0.05) is 18.8 Å². The Morgan fingerprint density at radius 2 is 2.29 bits per heavy atom. The van der Waals surface area contributed by atoms with Crippen molar-refractivity contribution in [3.8, 4) is 0 Å². The van der Waals surface area contributed by atoms with Gasteiger partial charge in [-0.2, -0.15) is 5.10 Å². The van der Waals surface area contributed by atoms with Gasteiger partial charge in [0.25, 0.3) is 0 Å². The number of rotatable bonds is 4. The molecule has 92 valence electrons. The highest BCUT2D eigenvalue weighted by Gasteiger charge is 2.20. The number of nitrogens with zero attached hydrogens (tertiary/aromatic N) is 2. The molecule has 1 N–H and O–H groups in total. The number of halogens is 2. The number of hydrogen-bond donors (Lipinski definition) is 1. The van der Waals surface area contributed by atoms with Gasteiger partial charge in [-0.05, 0) is 18.7 Å². The topological polar surface area (TPSA) is 29.9 Å². The molecule has 0 aliphatic heterocycles. The maximum absolute atomic E-state index is 6.19. The fourth-order valence-electron chi connectivity index (χ4n) is 1.71. The fourth-order valence-corrected chi connectivity index (χ4v) is 3.25. The lowest BCUT2D eigenvalue weighted by Gasteiger charge is -2.14. The van der Waals surface area contributed by atoms with Crippen LogP contribution in [-0.4, -0.2) is 16.3 Å². The Labute approximate surface area is 114 Å². The minimum atomic E-state index is -0.00236. The average Bonchev–Trinajstić information content (AvgIpc) is 2.82. The summed E-state index contributed by atoms with van der Waals surface area (Å²) in [6.45, 7) is 2.89. The van der Waals surface area contributed by atoms with Crippen LogP contribution in [0.2, 0.25) is 8.67 Å². The third kappa shape index (κ3) is 2.83.